The molecule has 0 saturated heterocycles. The Labute approximate surface area is 91.1 Å². The fraction of sp³-hybridized carbons (Fsp3) is 0.400. The summed E-state index contributed by atoms with van der Waals surface area (Å²) in [6, 6.07) is 0. The SMILES string of the molecule is CC1=CC(O)(C(=O)O)C(C)C(O)=C1C(=O)O. The molecule has 0 aromatic carbocycles. The minimum atomic E-state index is -2.27. The Balaban J connectivity index is 3.37. The Hall–Kier alpha value is -1.82. The van der Waals surface area contributed by atoms with E-state index in [9.17, 15) is 19.8 Å². The highest BCUT2D eigenvalue weighted by molar-refractivity contribution is 5.94. The highest BCUT2D eigenvalue weighted by atomic mass is 16.4. The Kier molecular flexibility index (Phi) is 2.79. The van der Waals surface area contributed by atoms with Crippen molar-refractivity contribution in [1.29, 1.82) is 0 Å². The van der Waals surface area contributed by atoms with E-state index in [4.69, 9.17) is 10.2 Å². The lowest BCUT2D eigenvalue weighted by atomic mass is 9.78. The second-order valence-electron chi connectivity index (χ2n) is 3.74. The van der Waals surface area contributed by atoms with E-state index < -0.39 is 29.2 Å². The number of rotatable bonds is 2. The zero-order valence-electron chi connectivity index (χ0n) is 8.76. The number of aliphatic hydroxyl groups excluding tert-OH is 1. The van der Waals surface area contributed by atoms with Crippen molar-refractivity contribution in [3.05, 3.63) is 23.0 Å². The molecule has 4 N–H and O–H groups in total. The average Bonchev–Trinajstić information content (AvgIpc) is 2.13. The van der Waals surface area contributed by atoms with Crippen molar-refractivity contribution in [3.8, 4) is 0 Å². The second-order valence-corrected chi connectivity index (χ2v) is 3.74. The molecule has 0 amide bonds. The molecular weight excluding hydrogens is 216 g/mol. The Morgan fingerprint density at radius 3 is 2.25 bits per heavy atom. The van der Waals surface area contributed by atoms with Crippen molar-refractivity contribution in [1.82, 2.24) is 0 Å². The lowest BCUT2D eigenvalue weighted by molar-refractivity contribution is -0.158. The molecule has 6 nitrogen and oxygen atoms in total. The quantitative estimate of drug-likeness (QED) is 0.540. The van der Waals surface area contributed by atoms with Gasteiger partial charge in [0.25, 0.3) is 0 Å². The van der Waals surface area contributed by atoms with Gasteiger partial charge in [0, 0.05) is 0 Å². The lowest BCUT2D eigenvalue weighted by Crippen LogP contribution is -2.46. The van der Waals surface area contributed by atoms with Gasteiger partial charge in [0.15, 0.2) is 5.60 Å². The minimum Gasteiger partial charge on any atom is -0.511 e. The van der Waals surface area contributed by atoms with E-state index in [1.807, 2.05) is 0 Å². The normalized spacial score (nSPS) is 29.9. The molecule has 0 saturated carbocycles. The van der Waals surface area contributed by atoms with Gasteiger partial charge in [-0.25, -0.2) is 9.59 Å². The van der Waals surface area contributed by atoms with Crippen LogP contribution in [0.4, 0.5) is 0 Å². The molecule has 0 fully saturated rings. The summed E-state index contributed by atoms with van der Waals surface area (Å²) in [5, 5.41) is 37.1. The smallest absolute Gasteiger partial charge is 0.340 e. The summed E-state index contributed by atoms with van der Waals surface area (Å²) in [6.45, 7) is 2.56. The van der Waals surface area contributed by atoms with Gasteiger partial charge in [-0.05, 0) is 18.6 Å². The van der Waals surface area contributed by atoms with Gasteiger partial charge in [-0.2, -0.15) is 0 Å². The molecule has 0 aromatic rings. The molecule has 0 aliphatic heterocycles. The van der Waals surface area contributed by atoms with Gasteiger partial charge in [-0.1, -0.05) is 6.92 Å². The predicted molar refractivity (Wildman–Crippen MR) is 52.8 cm³/mol. The third-order valence-corrected chi connectivity index (χ3v) is 2.71. The number of hydrogen-bond acceptors (Lipinski definition) is 4. The maximum Gasteiger partial charge on any atom is 0.340 e. The molecule has 0 aromatic heterocycles. The average molecular weight is 228 g/mol. The highest BCUT2D eigenvalue weighted by Crippen LogP contribution is 2.35. The summed E-state index contributed by atoms with van der Waals surface area (Å²) in [5.41, 5.74) is -2.61. The molecule has 6 heteroatoms. The summed E-state index contributed by atoms with van der Waals surface area (Å²) in [6.07, 6.45) is 0.934. The number of aliphatic hydroxyl groups is 2. The van der Waals surface area contributed by atoms with Crippen LogP contribution < -0.4 is 0 Å². The second kappa shape index (κ2) is 3.64. The molecule has 0 heterocycles. The molecule has 2 atom stereocenters. The van der Waals surface area contributed by atoms with Crippen LogP contribution in [0, 0.1) is 5.92 Å². The first-order valence-corrected chi connectivity index (χ1v) is 4.53. The summed E-state index contributed by atoms with van der Waals surface area (Å²) < 4.78 is 0. The first-order chi connectivity index (χ1) is 7.21. The van der Waals surface area contributed by atoms with Gasteiger partial charge < -0.3 is 20.4 Å². The van der Waals surface area contributed by atoms with E-state index in [1.165, 1.54) is 13.8 Å². The first kappa shape index (κ1) is 12.3. The molecule has 0 bridgehead atoms. The number of aliphatic carboxylic acids is 2. The summed E-state index contributed by atoms with van der Waals surface area (Å²) in [5.74, 6) is -4.72. The van der Waals surface area contributed by atoms with Gasteiger partial charge in [-0.3, -0.25) is 0 Å². The predicted octanol–water partition coefficient (Wildman–Crippen LogP) is 0.295. The van der Waals surface area contributed by atoms with Gasteiger partial charge in [0.05, 0.1) is 11.5 Å². The van der Waals surface area contributed by atoms with Crippen molar-refractivity contribution >= 4 is 11.9 Å². The van der Waals surface area contributed by atoms with E-state index in [1.54, 1.807) is 0 Å². The van der Waals surface area contributed by atoms with Gasteiger partial charge in [0.1, 0.15) is 5.76 Å². The molecular formula is C10H12O6. The van der Waals surface area contributed by atoms with Crippen LogP contribution in [0.3, 0.4) is 0 Å². The van der Waals surface area contributed by atoms with Crippen molar-refractivity contribution < 1.29 is 30.0 Å². The number of hydrogen-bond donors (Lipinski definition) is 4. The van der Waals surface area contributed by atoms with Crippen molar-refractivity contribution in [2.45, 2.75) is 19.4 Å². The van der Waals surface area contributed by atoms with E-state index >= 15 is 0 Å². The third-order valence-electron chi connectivity index (χ3n) is 2.71. The van der Waals surface area contributed by atoms with Crippen molar-refractivity contribution in [2.75, 3.05) is 0 Å². The maximum atomic E-state index is 10.9. The van der Waals surface area contributed by atoms with Crippen LogP contribution in [-0.4, -0.2) is 38.0 Å². The number of carboxylic acids is 2. The topological polar surface area (TPSA) is 115 Å². The monoisotopic (exact) mass is 228 g/mol. The molecule has 2 unspecified atom stereocenters. The third kappa shape index (κ3) is 1.57. The van der Waals surface area contributed by atoms with Gasteiger partial charge in [-0.15, -0.1) is 0 Å². The first-order valence-electron chi connectivity index (χ1n) is 4.53. The van der Waals surface area contributed by atoms with Crippen LogP contribution in [0.25, 0.3) is 0 Å². The maximum absolute atomic E-state index is 10.9. The summed E-state index contributed by atoms with van der Waals surface area (Å²) in [4.78, 5) is 21.7. The molecule has 1 aliphatic carbocycles. The standard InChI is InChI=1S/C10H12O6/c1-4-3-10(16,9(14)15)5(2)7(11)6(4)8(12)13/h3,5,11,16H,1-2H3,(H,12,13)(H,14,15). The van der Waals surface area contributed by atoms with E-state index in [-0.39, 0.29) is 11.1 Å². The molecule has 0 spiro atoms. The van der Waals surface area contributed by atoms with Crippen LogP contribution >= 0.6 is 0 Å². The fourth-order valence-corrected chi connectivity index (χ4v) is 1.68. The van der Waals surface area contributed by atoms with E-state index in [0.717, 1.165) is 6.08 Å². The molecule has 16 heavy (non-hydrogen) atoms. The Morgan fingerprint density at radius 2 is 1.88 bits per heavy atom. The van der Waals surface area contributed by atoms with Crippen LogP contribution in [-0.2, 0) is 9.59 Å². The molecule has 1 rings (SSSR count). The van der Waals surface area contributed by atoms with Gasteiger partial charge in [0.2, 0.25) is 0 Å². The Morgan fingerprint density at radius 1 is 1.38 bits per heavy atom. The molecule has 88 valence electrons. The van der Waals surface area contributed by atoms with Crippen molar-refractivity contribution in [2.24, 2.45) is 5.92 Å². The van der Waals surface area contributed by atoms with E-state index in [2.05, 4.69) is 0 Å². The zero-order chi connectivity index (χ0) is 12.7. The van der Waals surface area contributed by atoms with Crippen LogP contribution in [0.1, 0.15) is 13.8 Å². The van der Waals surface area contributed by atoms with Crippen molar-refractivity contribution in [3.63, 3.8) is 0 Å². The van der Waals surface area contributed by atoms with Crippen LogP contribution in [0.15, 0.2) is 23.0 Å². The Bertz CT molecular complexity index is 419. The van der Waals surface area contributed by atoms with Crippen LogP contribution in [0.2, 0.25) is 0 Å². The summed E-state index contributed by atoms with van der Waals surface area (Å²) >= 11 is 0. The van der Waals surface area contributed by atoms with Gasteiger partial charge >= 0.3 is 11.9 Å². The lowest BCUT2D eigenvalue weighted by Gasteiger charge is -2.31. The van der Waals surface area contributed by atoms with E-state index in [0.29, 0.717) is 0 Å². The van der Waals surface area contributed by atoms with Crippen LogP contribution in [0.5, 0.6) is 0 Å². The number of carbonyl (C=O) groups is 2. The number of carboxylic acid groups (broad SMARTS) is 2. The highest BCUT2D eigenvalue weighted by Gasteiger charge is 2.46. The molecule has 0 radical (unpaired) electrons. The largest absolute Gasteiger partial charge is 0.511 e. The summed E-state index contributed by atoms with van der Waals surface area (Å²) in [7, 11) is 0. The zero-order valence-corrected chi connectivity index (χ0v) is 8.76. The minimum absolute atomic E-state index is 0.0213. The fourth-order valence-electron chi connectivity index (χ4n) is 1.68. The molecule has 1 aliphatic rings.